The van der Waals surface area contributed by atoms with Gasteiger partial charge in [0, 0.05) is 21.9 Å². The highest BCUT2D eigenvalue weighted by Gasteiger charge is 2.06. The highest BCUT2D eigenvalue weighted by molar-refractivity contribution is 9.10. The van der Waals surface area contributed by atoms with Gasteiger partial charge in [-0.25, -0.2) is 9.67 Å². The maximum atomic E-state index is 5.97. The fourth-order valence-electron chi connectivity index (χ4n) is 2.38. The maximum absolute atomic E-state index is 5.97. The van der Waals surface area contributed by atoms with Crippen molar-refractivity contribution in [2.75, 3.05) is 0 Å². The highest BCUT2D eigenvalue weighted by Crippen LogP contribution is 2.13. The standard InChI is InChI=1S/C18H18BrN5O/c1-12-8-13(2)24(22-12)17-7-6-15(10-21-17)18(20)23-25-11-14-4-3-5-16(19)9-14/h3-10H,11H2,1-2H3,(H2,20,23). The lowest BCUT2D eigenvalue weighted by Gasteiger charge is -2.05. The number of hydrogen-bond donors (Lipinski definition) is 1. The zero-order valence-corrected chi connectivity index (χ0v) is 15.6. The molecule has 0 aliphatic carbocycles. The number of pyridine rings is 1. The van der Waals surface area contributed by atoms with Gasteiger partial charge in [0.2, 0.25) is 0 Å². The zero-order chi connectivity index (χ0) is 17.8. The molecule has 0 radical (unpaired) electrons. The summed E-state index contributed by atoms with van der Waals surface area (Å²) in [5.74, 6) is 1.01. The number of nitrogens with two attached hydrogens (primary N) is 1. The summed E-state index contributed by atoms with van der Waals surface area (Å²) in [4.78, 5) is 9.72. The van der Waals surface area contributed by atoms with Crippen molar-refractivity contribution >= 4 is 21.8 Å². The lowest BCUT2D eigenvalue weighted by Crippen LogP contribution is -2.15. The highest BCUT2D eigenvalue weighted by atomic mass is 79.9. The Morgan fingerprint density at radius 3 is 2.72 bits per heavy atom. The van der Waals surface area contributed by atoms with Gasteiger partial charge in [0.05, 0.1) is 5.69 Å². The van der Waals surface area contributed by atoms with Crippen molar-refractivity contribution in [3.63, 3.8) is 0 Å². The first-order chi connectivity index (χ1) is 12.0. The van der Waals surface area contributed by atoms with Gasteiger partial charge in [0.15, 0.2) is 11.7 Å². The molecule has 6 nitrogen and oxygen atoms in total. The second-order valence-electron chi connectivity index (χ2n) is 5.62. The van der Waals surface area contributed by atoms with Crippen LogP contribution in [0.25, 0.3) is 5.82 Å². The van der Waals surface area contributed by atoms with Crippen molar-refractivity contribution in [1.29, 1.82) is 0 Å². The lowest BCUT2D eigenvalue weighted by molar-refractivity contribution is 0.130. The third kappa shape index (κ3) is 4.24. The summed E-state index contributed by atoms with van der Waals surface area (Å²) in [6, 6.07) is 13.5. The monoisotopic (exact) mass is 399 g/mol. The van der Waals surface area contributed by atoms with E-state index in [1.807, 2.05) is 56.3 Å². The Labute approximate surface area is 154 Å². The van der Waals surface area contributed by atoms with Gasteiger partial charge >= 0.3 is 0 Å². The molecular weight excluding hydrogens is 382 g/mol. The Kier molecular flexibility index (Phi) is 5.14. The van der Waals surface area contributed by atoms with Gasteiger partial charge in [-0.3, -0.25) is 0 Å². The number of rotatable bonds is 5. The van der Waals surface area contributed by atoms with E-state index in [0.717, 1.165) is 27.2 Å². The number of amidine groups is 1. The second kappa shape index (κ2) is 7.48. The van der Waals surface area contributed by atoms with Crippen molar-refractivity contribution in [2.24, 2.45) is 10.9 Å². The molecular formula is C18H18BrN5O. The number of benzene rings is 1. The van der Waals surface area contributed by atoms with E-state index < -0.39 is 0 Å². The van der Waals surface area contributed by atoms with Crippen LogP contribution >= 0.6 is 15.9 Å². The van der Waals surface area contributed by atoms with E-state index >= 15 is 0 Å². The molecule has 3 rings (SSSR count). The molecule has 0 aliphatic rings. The van der Waals surface area contributed by atoms with Gasteiger partial charge in [-0.2, -0.15) is 5.10 Å². The molecule has 25 heavy (non-hydrogen) atoms. The molecule has 0 saturated carbocycles. The van der Waals surface area contributed by atoms with Crippen LogP contribution < -0.4 is 5.73 Å². The first kappa shape index (κ1) is 17.2. The topological polar surface area (TPSA) is 78.3 Å². The third-order valence-electron chi connectivity index (χ3n) is 3.55. The zero-order valence-electron chi connectivity index (χ0n) is 14.0. The van der Waals surface area contributed by atoms with Gasteiger partial charge in [-0.1, -0.05) is 33.2 Å². The first-order valence-corrected chi connectivity index (χ1v) is 8.52. The first-order valence-electron chi connectivity index (χ1n) is 7.73. The van der Waals surface area contributed by atoms with Gasteiger partial charge in [-0.05, 0) is 49.7 Å². The van der Waals surface area contributed by atoms with Crippen molar-refractivity contribution < 1.29 is 4.84 Å². The summed E-state index contributed by atoms with van der Waals surface area (Å²) in [5.41, 5.74) is 9.64. The summed E-state index contributed by atoms with van der Waals surface area (Å²) < 4.78 is 2.78. The van der Waals surface area contributed by atoms with E-state index in [1.165, 1.54) is 0 Å². The number of aryl methyl sites for hydroxylation is 2. The van der Waals surface area contributed by atoms with Gasteiger partial charge < -0.3 is 10.6 Å². The predicted molar refractivity (Wildman–Crippen MR) is 100 cm³/mol. The van der Waals surface area contributed by atoms with Gasteiger partial charge in [-0.15, -0.1) is 0 Å². The largest absolute Gasteiger partial charge is 0.389 e. The van der Waals surface area contributed by atoms with Crippen LogP contribution in [-0.2, 0) is 11.4 Å². The molecule has 128 valence electrons. The normalized spacial score (nSPS) is 11.6. The van der Waals surface area contributed by atoms with Crippen LogP contribution in [0.15, 0.2) is 58.3 Å². The van der Waals surface area contributed by atoms with E-state index in [2.05, 4.69) is 31.2 Å². The van der Waals surface area contributed by atoms with E-state index in [0.29, 0.717) is 12.2 Å². The van der Waals surface area contributed by atoms with E-state index in [4.69, 9.17) is 10.6 Å². The third-order valence-corrected chi connectivity index (χ3v) is 4.05. The molecule has 1 aromatic carbocycles. The van der Waals surface area contributed by atoms with Crippen LogP contribution in [0.5, 0.6) is 0 Å². The van der Waals surface area contributed by atoms with Gasteiger partial charge in [0.1, 0.15) is 6.61 Å². The molecule has 0 atom stereocenters. The summed E-state index contributed by atoms with van der Waals surface area (Å²) in [6.07, 6.45) is 1.66. The number of halogens is 1. The van der Waals surface area contributed by atoms with E-state index in [1.54, 1.807) is 10.9 Å². The quantitative estimate of drug-likeness (QED) is 0.404. The van der Waals surface area contributed by atoms with Crippen LogP contribution in [0.1, 0.15) is 22.5 Å². The fraction of sp³-hybridized carbons (Fsp3) is 0.167. The molecule has 0 saturated heterocycles. The minimum absolute atomic E-state index is 0.280. The molecule has 2 N–H and O–H groups in total. The van der Waals surface area contributed by atoms with Crippen molar-refractivity contribution in [3.05, 3.63) is 75.6 Å². The molecule has 0 aliphatic heterocycles. The number of aromatic nitrogens is 3. The summed E-state index contributed by atoms with van der Waals surface area (Å²) in [5, 5.41) is 8.37. The number of hydrogen-bond acceptors (Lipinski definition) is 4. The predicted octanol–water partition coefficient (Wildman–Crippen LogP) is 3.48. The Balaban J connectivity index is 1.68. The molecule has 3 aromatic rings. The van der Waals surface area contributed by atoms with Crippen LogP contribution in [0, 0.1) is 13.8 Å². The average molecular weight is 400 g/mol. The van der Waals surface area contributed by atoms with Crippen molar-refractivity contribution in [1.82, 2.24) is 14.8 Å². The molecule has 2 heterocycles. The van der Waals surface area contributed by atoms with Crippen LogP contribution in [0.3, 0.4) is 0 Å². The summed E-state index contributed by atoms with van der Waals surface area (Å²) in [6.45, 7) is 4.28. The average Bonchev–Trinajstić information content (AvgIpc) is 2.93. The molecule has 0 fully saturated rings. The van der Waals surface area contributed by atoms with E-state index in [-0.39, 0.29) is 5.84 Å². The van der Waals surface area contributed by atoms with Crippen molar-refractivity contribution in [2.45, 2.75) is 20.5 Å². The van der Waals surface area contributed by atoms with Crippen molar-refractivity contribution in [3.8, 4) is 5.82 Å². The van der Waals surface area contributed by atoms with Crippen LogP contribution in [0.4, 0.5) is 0 Å². The minimum atomic E-state index is 0.280. The number of nitrogens with zero attached hydrogens (tertiary/aromatic N) is 4. The minimum Gasteiger partial charge on any atom is -0.389 e. The SMILES string of the molecule is Cc1cc(C)n(-c2ccc(/C(N)=N/OCc3cccc(Br)c3)cn2)n1. The molecule has 2 aromatic heterocycles. The summed E-state index contributed by atoms with van der Waals surface area (Å²) >= 11 is 3.42. The molecule has 0 bridgehead atoms. The fourth-order valence-corrected chi connectivity index (χ4v) is 2.83. The maximum Gasteiger partial charge on any atom is 0.171 e. The molecule has 7 heteroatoms. The molecule has 0 amide bonds. The molecule has 0 spiro atoms. The van der Waals surface area contributed by atoms with Gasteiger partial charge in [0.25, 0.3) is 0 Å². The Bertz CT molecular complexity index is 902. The van der Waals surface area contributed by atoms with Crippen LogP contribution in [-0.4, -0.2) is 20.6 Å². The Morgan fingerprint density at radius 1 is 1.24 bits per heavy atom. The summed E-state index contributed by atoms with van der Waals surface area (Å²) in [7, 11) is 0. The Hall–Kier alpha value is -2.67. The smallest absolute Gasteiger partial charge is 0.171 e. The lowest BCUT2D eigenvalue weighted by atomic mass is 10.2. The molecule has 0 unspecified atom stereocenters. The van der Waals surface area contributed by atoms with Crippen LogP contribution in [0.2, 0.25) is 0 Å². The van der Waals surface area contributed by atoms with E-state index in [9.17, 15) is 0 Å². The second-order valence-corrected chi connectivity index (χ2v) is 6.54. The number of oxime groups is 1. The Morgan fingerprint density at radius 2 is 2.08 bits per heavy atom.